The molecule has 1 atom stereocenters. The van der Waals surface area contributed by atoms with Crippen LogP contribution in [0.15, 0.2) is 42.5 Å². The van der Waals surface area contributed by atoms with Gasteiger partial charge in [-0.15, -0.1) is 0 Å². The maximum Gasteiger partial charge on any atom is 0.406 e. The molecule has 0 aromatic heterocycles. The predicted octanol–water partition coefficient (Wildman–Crippen LogP) is 4.03. The minimum Gasteiger partial charge on any atom is -0.453 e. The Morgan fingerprint density at radius 1 is 1.27 bits per heavy atom. The first-order chi connectivity index (χ1) is 12.7. The number of amides is 1. The summed E-state index contributed by atoms with van der Waals surface area (Å²) >= 11 is 0. The summed E-state index contributed by atoms with van der Waals surface area (Å²) in [6, 6.07) is 15.2. The Bertz CT molecular complexity index is 752. The lowest BCUT2D eigenvalue weighted by Crippen LogP contribution is -2.28. The van der Waals surface area contributed by atoms with Crippen molar-refractivity contribution in [2.45, 2.75) is 32.1 Å². The van der Waals surface area contributed by atoms with Crippen molar-refractivity contribution in [1.29, 1.82) is 0 Å². The van der Waals surface area contributed by atoms with E-state index < -0.39 is 0 Å². The molecule has 0 saturated carbocycles. The molecular weight excluding hydrogens is 324 g/mol. The summed E-state index contributed by atoms with van der Waals surface area (Å²) in [6.07, 6.45) is 2.91. The summed E-state index contributed by atoms with van der Waals surface area (Å²) in [4.78, 5) is 11.3. The number of hydrogen-bond donors (Lipinski definition) is 2. The molecule has 1 aliphatic rings. The van der Waals surface area contributed by atoms with Gasteiger partial charge in [0, 0.05) is 13.1 Å². The second-order valence-electron chi connectivity index (χ2n) is 6.94. The number of rotatable bonds is 5. The summed E-state index contributed by atoms with van der Waals surface area (Å²) in [5.41, 5.74) is 6.53. The molecule has 0 bridgehead atoms. The number of hydrogen-bond acceptors (Lipinski definition) is 3. The van der Waals surface area contributed by atoms with E-state index in [0.29, 0.717) is 12.5 Å². The molecule has 0 aliphatic carbocycles. The molecule has 1 saturated heterocycles. The zero-order chi connectivity index (χ0) is 18.4. The van der Waals surface area contributed by atoms with E-state index in [-0.39, 0.29) is 6.09 Å². The monoisotopic (exact) mass is 352 g/mol. The molecule has 0 radical (unpaired) electrons. The van der Waals surface area contributed by atoms with E-state index in [1.807, 2.05) is 6.07 Å². The predicted molar refractivity (Wildman–Crippen MR) is 106 cm³/mol. The van der Waals surface area contributed by atoms with E-state index in [1.165, 1.54) is 47.8 Å². The number of carbonyl (C=O) groups is 1. The highest BCUT2D eigenvalue weighted by molar-refractivity contribution is 5.69. The van der Waals surface area contributed by atoms with E-state index in [1.54, 1.807) is 0 Å². The number of alkyl carbamates (subject to hydrolysis) is 1. The lowest BCUT2D eigenvalue weighted by Gasteiger charge is -2.25. The lowest BCUT2D eigenvalue weighted by atomic mass is 9.86. The van der Waals surface area contributed by atoms with Gasteiger partial charge in [-0.1, -0.05) is 42.5 Å². The minimum atomic E-state index is -0.385. The van der Waals surface area contributed by atoms with Crippen LogP contribution in [0.25, 0.3) is 11.1 Å². The largest absolute Gasteiger partial charge is 0.453 e. The molecule has 2 aromatic rings. The maximum atomic E-state index is 11.3. The van der Waals surface area contributed by atoms with Gasteiger partial charge in [-0.2, -0.15) is 0 Å². The molecule has 1 amide bonds. The first kappa shape index (κ1) is 18.5. The van der Waals surface area contributed by atoms with Gasteiger partial charge in [0.05, 0.1) is 7.11 Å². The van der Waals surface area contributed by atoms with Crippen LogP contribution in [0.4, 0.5) is 4.79 Å². The molecule has 0 spiro atoms. The van der Waals surface area contributed by atoms with Gasteiger partial charge in [-0.3, -0.25) is 0 Å². The zero-order valence-corrected chi connectivity index (χ0v) is 15.7. The Labute approximate surface area is 156 Å². The Balaban J connectivity index is 1.78. The van der Waals surface area contributed by atoms with E-state index in [9.17, 15) is 4.79 Å². The highest BCUT2D eigenvalue weighted by Crippen LogP contribution is 2.31. The number of nitrogens with one attached hydrogen (secondary N) is 2. The second-order valence-corrected chi connectivity index (χ2v) is 6.94. The average molecular weight is 352 g/mol. The molecule has 4 nitrogen and oxygen atoms in total. The maximum absolute atomic E-state index is 11.3. The molecule has 1 heterocycles. The molecule has 1 fully saturated rings. The van der Waals surface area contributed by atoms with Crippen molar-refractivity contribution in [3.8, 4) is 11.1 Å². The molecule has 0 unspecified atom stereocenters. The summed E-state index contributed by atoms with van der Waals surface area (Å²) in [5, 5.41) is 6.26. The molecule has 2 N–H and O–H groups in total. The topological polar surface area (TPSA) is 50.4 Å². The van der Waals surface area contributed by atoms with Crippen LogP contribution in [0.3, 0.4) is 0 Å². The molecule has 4 heteroatoms. The smallest absolute Gasteiger partial charge is 0.406 e. The van der Waals surface area contributed by atoms with E-state index in [4.69, 9.17) is 0 Å². The highest BCUT2D eigenvalue weighted by Gasteiger charge is 2.17. The third-order valence-electron chi connectivity index (χ3n) is 5.18. The van der Waals surface area contributed by atoms with Crippen molar-refractivity contribution in [1.82, 2.24) is 10.6 Å². The Kier molecular flexibility index (Phi) is 6.29. The van der Waals surface area contributed by atoms with Gasteiger partial charge in [-0.25, -0.2) is 4.79 Å². The quantitative estimate of drug-likeness (QED) is 0.854. The summed E-state index contributed by atoms with van der Waals surface area (Å²) in [5.74, 6) is 0.623. The number of aryl methyl sites for hydroxylation is 1. The van der Waals surface area contributed by atoms with Gasteiger partial charge >= 0.3 is 6.09 Å². The fraction of sp³-hybridized carbons (Fsp3) is 0.409. The van der Waals surface area contributed by atoms with Gasteiger partial charge in [0.1, 0.15) is 0 Å². The van der Waals surface area contributed by atoms with Crippen LogP contribution in [0.5, 0.6) is 0 Å². The molecule has 1 aliphatic heterocycles. The van der Waals surface area contributed by atoms with Crippen molar-refractivity contribution >= 4 is 6.09 Å². The van der Waals surface area contributed by atoms with E-state index >= 15 is 0 Å². The fourth-order valence-corrected chi connectivity index (χ4v) is 3.81. The summed E-state index contributed by atoms with van der Waals surface area (Å²) in [6.45, 7) is 5.00. The van der Waals surface area contributed by atoms with Crippen LogP contribution < -0.4 is 10.6 Å². The van der Waals surface area contributed by atoms with E-state index in [0.717, 1.165) is 19.5 Å². The van der Waals surface area contributed by atoms with Gasteiger partial charge in [-0.05, 0) is 66.5 Å². The molecule has 26 heavy (non-hydrogen) atoms. The van der Waals surface area contributed by atoms with Crippen LogP contribution in [0, 0.1) is 6.92 Å². The SMILES string of the molecule is COC(=O)NCCc1ccccc1-c1ccc([C@@H]2CCCNC2)c(C)c1. The van der Waals surface area contributed by atoms with Crippen molar-refractivity contribution in [3.63, 3.8) is 0 Å². The molecule has 2 aromatic carbocycles. The van der Waals surface area contributed by atoms with Gasteiger partial charge < -0.3 is 15.4 Å². The van der Waals surface area contributed by atoms with Crippen molar-refractivity contribution in [3.05, 3.63) is 59.2 Å². The second kappa shape index (κ2) is 8.86. The Morgan fingerprint density at radius 3 is 2.85 bits per heavy atom. The number of carbonyl (C=O) groups excluding carboxylic acids is 1. The lowest BCUT2D eigenvalue weighted by molar-refractivity contribution is 0.171. The Morgan fingerprint density at radius 2 is 2.12 bits per heavy atom. The molecule has 3 rings (SSSR count). The standard InChI is InChI=1S/C22H28N2O2/c1-16-14-18(9-10-20(16)19-7-5-12-23-15-19)21-8-4-3-6-17(21)11-13-24-22(25)26-2/h3-4,6,8-10,14,19,23H,5,7,11-13,15H2,1-2H3,(H,24,25)/t19-/m1/s1. The number of piperidine rings is 1. The first-order valence-electron chi connectivity index (χ1n) is 9.40. The summed E-state index contributed by atoms with van der Waals surface area (Å²) in [7, 11) is 1.38. The Hall–Kier alpha value is -2.33. The van der Waals surface area contributed by atoms with Gasteiger partial charge in [0.15, 0.2) is 0 Å². The minimum absolute atomic E-state index is 0.385. The molecule has 138 valence electrons. The fourth-order valence-electron chi connectivity index (χ4n) is 3.81. The van der Waals surface area contributed by atoms with Crippen LogP contribution >= 0.6 is 0 Å². The first-order valence-corrected chi connectivity index (χ1v) is 9.40. The van der Waals surface area contributed by atoms with Crippen LogP contribution in [0.1, 0.15) is 35.4 Å². The number of methoxy groups -OCH3 is 1. The van der Waals surface area contributed by atoms with Gasteiger partial charge in [0.25, 0.3) is 0 Å². The van der Waals surface area contributed by atoms with E-state index in [2.05, 4.69) is 58.7 Å². The average Bonchev–Trinajstić information content (AvgIpc) is 2.69. The van der Waals surface area contributed by atoms with Crippen molar-refractivity contribution in [2.75, 3.05) is 26.7 Å². The zero-order valence-electron chi connectivity index (χ0n) is 15.7. The van der Waals surface area contributed by atoms with Gasteiger partial charge in [0.2, 0.25) is 0 Å². The van der Waals surface area contributed by atoms with Crippen LogP contribution in [-0.2, 0) is 11.2 Å². The molecular formula is C22H28N2O2. The third-order valence-corrected chi connectivity index (χ3v) is 5.18. The van der Waals surface area contributed by atoms with Crippen molar-refractivity contribution in [2.24, 2.45) is 0 Å². The summed E-state index contributed by atoms with van der Waals surface area (Å²) < 4.78 is 4.63. The van der Waals surface area contributed by atoms with Crippen LogP contribution in [-0.4, -0.2) is 32.8 Å². The third kappa shape index (κ3) is 4.44. The van der Waals surface area contributed by atoms with Crippen molar-refractivity contribution < 1.29 is 9.53 Å². The highest BCUT2D eigenvalue weighted by atomic mass is 16.5. The number of ether oxygens (including phenoxy) is 1. The normalized spacial score (nSPS) is 16.9. The van der Waals surface area contributed by atoms with Crippen LogP contribution in [0.2, 0.25) is 0 Å². The number of benzene rings is 2.